The first-order chi connectivity index (χ1) is 9.33. The first-order valence-corrected chi connectivity index (χ1v) is 7.63. The molecule has 1 aromatic rings. The lowest BCUT2D eigenvalue weighted by molar-refractivity contribution is 0.334. The van der Waals surface area contributed by atoms with Gasteiger partial charge in [-0.2, -0.15) is 0 Å². The molecule has 4 nitrogen and oxygen atoms in total. The maximum Gasteiger partial charge on any atom is 0.135 e. The molecule has 1 aliphatic carbocycles. The number of piperidine rings is 1. The summed E-state index contributed by atoms with van der Waals surface area (Å²) in [5, 5.41) is 0. The first-order valence-electron chi connectivity index (χ1n) is 7.63. The Hall–Kier alpha value is -1.16. The van der Waals surface area contributed by atoms with Crippen LogP contribution in [0.2, 0.25) is 0 Å². The van der Waals surface area contributed by atoms with Crippen molar-refractivity contribution in [1.29, 1.82) is 0 Å². The molecule has 3 rings (SSSR count). The molecule has 2 heterocycles. The van der Waals surface area contributed by atoms with Gasteiger partial charge in [0.25, 0.3) is 0 Å². The van der Waals surface area contributed by atoms with Crippen molar-refractivity contribution in [3.05, 3.63) is 17.6 Å². The van der Waals surface area contributed by atoms with Crippen LogP contribution in [0.5, 0.6) is 0 Å². The van der Waals surface area contributed by atoms with Crippen LogP contribution in [0.3, 0.4) is 0 Å². The average molecular weight is 260 g/mol. The molecule has 2 N–H and O–H groups in total. The number of nitrogens with zero attached hydrogens (tertiary/aromatic N) is 3. The number of rotatable bonds is 3. The Morgan fingerprint density at radius 2 is 2.26 bits per heavy atom. The molecule has 2 aliphatic rings. The molecule has 0 aromatic carbocycles. The molecule has 1 fully saturated rings. The number of aromatic nitrogens is 2. The summed E-state index contributed by atoms with van der Waals surface area (Å²) in [4.78, 5) is 11.5. The van der Waals surface area contributed by atoms with Gasteiger partial charge in [0.15, 0.2) is 0 Å². The minimum atomic E-state index is 0.457. The van der Waals surface area contributed by atoms with Crippen molar-refractivity contribution in [3.8, 4) is 0 Å². The van der Waals surface area contributed by atoms with Crippen molar-refractivity contribution in [2.75, 3.05) is 18.0 Å². The molecule has 0 spiro atoms. The van der Waals surface area contributed by atoms with Crippen LogP contribution in [0.15, 0.2) is 6.33 Å². The lowest BCUT2D eigenvalue weighted by Gasteiger charge is -2.40. The van der Waals surface area contributed by atoms with Gasteiger partial charge in [-0.25, -0.2) is 9.97 Å². The van der Waals surface area contributed by atoms with Crippen molar-refractivity contribution >= 4 is 5.82 Å². The van der Waals surface area contributed by atoms with Crippen molar-refractivity contribution in [2.24, 2.45) is 11.7 Å². The van der Waals surface area contributed by atoms with Gasteiger partial charge in [-0.3, -0.25) is 0 Å². The zero-order valence-corrected chi connectivity index (χ0v) is 11.8. The minimum absolute atomic E-state index is 0.457. The highest BCUT2D eigenvalue weighted by molar-refractivity contribution is 5.51. The molecule has 0 bridgehead atoms. The van der Waals surface area contributed by atoms with Gasteiger partial charge in [0, 0.05) is 30.4 Å². The van der Waals surface area contributed by atoms with Crippen LogP contribution < -0.4 is 10.6 Å². The second kappa shape index (κ2) is 5.45. The largest absolute Gasteiger partial charge is 0.352 e. The summed E-state index contributed by atoms with van der Waals surface area (Å²) in [6.07, 6.45) is 8.96. The van der Waals surface area contributed by atoms with E-state index in [0.29, 0.717) is 6.04 Å². The Bertz CT molecular complexity index is 446. The third-order valence-corrected chi connectivity index (χ3v) is 4.80. The van der Waals surface area contributed by atoms with E-state index in [2.05, 4.69) is 21.8 Å². The standard InChI is InChI=1S/C15H24N4/c1-2-11-6-7-19(12(8-11)9-16)15-13-4-3-5-14(13)17-10-18-15/h10-12H,2-9,16H2,1H3. The molecule has 4 heteroatoms. The maximum atomic E-state index is 6.01. The molecule has 0 amide bonds. The minimum Gasteiger partial charge on any atom is -0.352 e. The third-order valence-electron chi connectivity index (χ3n) is 4.80. The van der Waals surface area contributed by atoms with Crippen LogP contribution in [0.1, 0.15) is 43.9 Å². The lowest BCUT2D eigenvalue weighted by atomic mass is 9.88. The lowest BCUT2D eigenvalue weighted by Crippen LogP contribution is -2.47. The normalized spacial score (nSPS) is 26.5. The molecule has 0 saturated carbocycles. The van der Waals surface area contributed by atoms with Crippen LogP contribution in [-0.4, -0.2) is 29.1 Å². The Balaban J connectivity index is 1.87. The van der Waals surface area contributed by atoms with Crippen LogP contribution in [-0.2, 0) is 12.8 Å². The monoisotopic (exact) mass is 260 g/mol. The summed E-state index contributed by atoms with van der Waals surface area (Å²) >= 11 is 0. The number of hydrogen-bond donors (Lipinski definition) is 1. The van der Waals surface area contributed by atoms with Crippen molar-refractivity contribution in [3.63, 3.8) is 0 Å². The van der Waals surface area contributed by atoms with Gasteiger partial charge in [0.2, 0.25) is 0 Å². The molecule has 19 heavy (non-hydrogen) atoms. The predicted octanol–water partition coefficient (Wildman–Crippen LogP) is 1.92. The van der Waals surface area contributed by atoms with E-state index in [-0.39, 0.29) is 0 Å². The van der Waals surface area contributed by atoms with Gasteiger partial charge in [0.05, 0.1) is 0 Å². The molecular formula is C15H24N4. The number of nitrogens with two attached hydrogens (primary N) is 1. The molecule has 0 radical (unpaired) electrons. The van der Waals surface area contributed by atoms with Gasteiger partial charge in [-0.1, -0.05) is 13.3 Å². The van der Waals surface area contributed by atoms with Gasteiger partial charge < -0.3 is 10.6 Å². The summed E-state index contributed by atoms with van der Waals surface area (Å²) in [5.41, 5.74) is 8.66. The van der Waals surface area contributed by atoms with Crippen molar-refractivity contribution in [1.82, 2.24) is 9.97 Å². The quantitative estimate of drug-likeness (QED) is 0.902. The topological polar surface area (TPSA) is 55.0 Å². The number of anilines is 1. The maximum absolute atomic E-state index is 6.01. The highest BCUT2D eigenvalue weighted by Crippen LogP contribution is 2.33. The van der Waals surface area contributed by atoms with Crippen LogP contribution >= 0.6 is 0 Å². The van der Waals surface area contributed by atoms with Crippen molar-refractivity contribution in [2.45, 2.75) is 51.5 Å². The third kappa shape index (κ3) is 2.34. The number of aryl methyl sites for hydroxylation is 1. The summed E-state index contributed by atoms with van der Waals surface area (Å²) in [6.45, 7) is 4.12. The molecular weight excluding hydrogens is 236 g/mol. The van der Waals surface area contributed by atoms with Gasteiger partial charge in [0.1, 0.15) is 12.1 Å². The molecule has 2 atom stereocenters. The highest BCUT2D eigenvalue weighted by Gasteiger charge is 2.30. The summed E-state index contributed by atoms with van der Waals surface area (Å²) in [7, 11) is 0. The highest BCUT2D eigenvalue weighted by atomic mass is 15.2. The van der Waals surface area contributed by atoms with E-state index < -0.39 is 0 Å². The zero-order valence-electron chi connectivity index (χ0n) is 11.8. The van der Waals surface area contributed by atoms with Gasteiger partial charge >= 0.3 is 0 Å². The molecule has 104 valence electrons. The fourth-order valence-electron chi connectivity index (χ4n) is 3.60. The van der Waals surface area contributed by atoms with E-state index in [0.717, 1.165) is 31.8 Å². The van der Waals surface area contributed by atoms with Crippen molar-refractivity contribution < 1.29 is 0 Å². The van der Waals surface area contributed by atoms with E-state index in [4.69, 9.17) is 5.73 Å². The zero-order chi connectivity index (χ0) is 13.2. The summed E-state index contributed by atoms with van der Waals surface area (Å²) in [5.74, 6) is 2.01. The fraction of sp³-hybridized carbons (Fsp3) is 0.733. The number of hydrogen-bond acceptors (Lipinski definition) is 4. The molecule has 1 saturated heterocycles. The second-order valence-corrected chi connectivity index (χ2v) is 5.86. The Morgan fingerprint density at radius 1 is 1.37 bits per heavy atom. The second-order valence-electron chi connectivity index (χ2n) is 5.86. The van der Waals surface area contributed by atoms with Crippen LogP contribution in [0.25, 0.3) is 0 Å². The Labute approximate surface area is 115 Å². The van der Waals surface area contributed by atoms with E-state index >= 15 is 0 Å². The summed E-state index contributed by atoms with van der Waals surface area (Å²) in [6, 6.07) is 0.457. The molecule has 1 aromatic heterocycles. The Morgan fingerprint density at radius 3 is 3.05 bits per heavy atom. The number of fused-ring (bicyclic) bond motifs is 1. The first kappa shape index (κ1) is 12.9. The van der Waals surface area contributed by atoms with Crippen LogP contribution in [0, 0.1) is 5.92 Å². The predicted molar refractivity (Wildman–Crippen MR) is 77.3 cm³/mol. The fourth-order valence-corrected chi connectivity index (χ4v) is 3.60. The van der Waals surface area contributed by atoms with Crippen LogP contribution in [0.4, 0.5) is 5.82 Å². The molecule has 1 aliphatic heterocycles. The molecule has 2 unspecified atom stereocenters. The SMILES string of the molecule is CCC1CCN(c2ncnc3c2CCC3)C(CN)C1. The average Bonchev–Trinajstić information content (AvgIpc) is 2.95. The van der Waals surface area contributed by atoms with E-state index in [1.807, 2.05) is 0 Å². The van der Waals surface area contributed by atoms with E-state index in [1.54, 1.807) is 6.33 Å². The van der Waals surface area contributed by atoms with E-state index in [9.17, 15) is 0 Å². The van der Waals surface area contributed by atoms with Gasteiger partial charge in [-0.05, 0) is 38.0 Å². The summed E-state index contributed by atoms with van der Waals surface area (Å²) < 4.78 is 0. The van der Waals surface area contributed by atoms with E-state index in [1.165, 1.54) is 42.8 Å². The van der Waals surface area contributed by atoms with Gasteiger partial charge in [-0.15, -0.1) is 0 Å². The Kier molecular flexibility index (Phi) is 3.69. The smallest absolute Gasteiger partial charge is 0.135 e.